The number of hydrogen-bond donors (Lipinski definition) is 0. The molecule has 0 aliphatic heterocycles. The summed E-state index contributed by atoms with van der Waals surface area (Å²) in [7, 11) is 1.65. The van der Waals surface area contributed by atoms with E-state index in [0.717, 1.165) is 40.7 Å². The number of benzene rings is 1. The van der Waals surface area contributed by atoms with Crippen LogP contribution in [0.5, 0.6) is 11.5 Å². The van der Waals surface area contributed by atoms with E-state index in [1.807, 2.05) is 31.2 Å². The molecule has 7 heteroatoms. The summed E-state index contributed by atoms with van der Waals surface area (Å²) in [4.78, 5) is 11.9. The Kier molecular flexibility index (Phi) is 4.47. The molecule has 0 spiro atoms. The lowest BCUT2D eigenvalue weighted by molar-refractivity contribution is 0.206. The normalized spacial score (nSPS) is 14.3. The van der Waals surface area contributed by atoms with E-state index < -0.39 is 0 Å². The lowest BCUT2D eigenvalue weighted by Crippen LogP contribution is -2.06. The van der Waals surface area contributed by atoms with Gasteiger partial charge in [0.1, 0.15) is 11.2 Å². The zero-order chi connectivity index (χ0) is 20.0. The largest absolute Gasteiger partial charge is 0.493 e. The number of methoxy groups -OCH3 is 1. The van der Waals surface area contributed by atoms with Crippen LogP contribution >= 0.6 is 11.3 Å². The molecule has 6 nitrogen and oxygen atoms in total. The molecule has 0 radical (unpaired) electrons. The van der Waals surface area contributed by atoms with Crippen LogP contribution in [0, 0.1) is 0 Å². The van der Waals surface area contributed by atoms with Gasteiger partial charge in [-0.3, -0.25) is 0 Å². The molecule has 148 valence electrons. The Bertz CT molecular complexity index is 1230. The van der Waals surface area contributed by atoms with Gasteiger partial charge in [0, 0.05) is 4.88 Å². The Morgan fingerprint density at radius 3 is 3.03 bits per heavy atom. The van der Waals surface area contributed by atoms with Crippen LogP contribution < -0.4 is 9.47 Å². The molecule has 0 N–H and O–H groups in total. The molecule has 0 saturated heterocycles. The topological polar surface area (TPSA) is 61.5 Å². The van der Waals surface area contributed by atoms with E-state index in [9.17, 15) is 0 Å². The van der Waals surface area contributed by atoms with Crippen LogP contribution in [0.4, 0.5) is 0 Å². The lowest BCUT2D eigenvalue weighted by Gasteiger charge is -2.15. The van der Waals surface area contributed by atoms with Crippen molar-refractivity contribution in [3.05, 3.63) is 59.0 Å². The molecule has 0 fully saturated rings. The molecular formula is C22H22N4O2S. The van der Waals surface area contributed by atoms with Crippen molar-refractivity contribution >= 4 is 27.2 Å². The number of rotatable bonds is 6. The fourth-order valence-electron chi connectivity index (χ4n) is 3.93. The van der Waals surface area contributed by atoms with Crippen molar-refractivity contribution in [2.45, 2.75) is 38.7 Å². The van der Waals surface area contributed by atoms with Crippen LogP contribution in [0.15, 0.2) is 37.2 Å². The highest BCUT2D eigenvalue weighted by molar-refractivity contribution is 7.19. The second kappa shape index (κ2) is 7.15. The monoisotopic (exact) mass is 406 g/mol. The van der Waals surface area contributed by atoms with Gasteiger partial charge in [-0.15, -0.1) is 23.0 Å². The molecule has 0 saturated carbocycles. The van der Waals surface area contributed by atoms with Gasteiger partial charge >= 0.3 is 0 Å². The van der Waals surface area contributed by atoms with Gasteiger partial charge in [0.2, 0.25) is 0 Å². The summed E-state index contributed by atoms with van der Waals surface area (Å²) >= 11 is 1.78. The van der Waals surface area contributed by atoms with E-state index >= 15 is 0 Å². The van der Waals surface area contributed by atoms with Crippen molar-refractivity contribution in [2.75, 3.05) is 7.11 Å². The molecule has 3 aromatic heterocycles. The summed E-state index contributed by atoms with van der Waals surface area (Å²) in [5.41, 5.74) is 3.39. The Balaban J connectivity index is 1.49. The van der Waals surface area contributed by atoms with Crippen molar-refractivity contribution in [1.29, 1.82) is 0 Å². The third kappa shape index (κ3) is 3.06. The molecule has 5 rings (SSSR count). The van der Waals surface area contributed by atoms with Crippen molar-refractivity contribution in [3.8, 4) is 11.5 Å². The summed E-state index contributed by atoms with van der Waals surface area (Å²) in [5, 5.41) is 5.79. The quantitative estimate of drug-likeness (QED) is 0.434. The average molecular weight is 407 g/mol. The van der Waals surface area contributed by atoms with Gasteiger partial charge in [-0.2, -0.15) is 0 Å². The Morgan fingerprint density at radius 1 is 1.31 bits per heavy atom. The average Bonchev–Trinajstić information content (AvgIpc) is 3.42. The van der Waals surface area contributed by atoms with E-state index in [2.05, 4.69) is 16.7 Å². The summed E-state index contributed by atoms with van der Waals surface area (Å²) in [5.74, 6) is 2.00. The van der Waals surface area contributed by atoms with Gasteiger partial charge in [-0.25, -0.2) is 14.5 Å². The fraction of sp³-hybridized carbons (Fsp3) is 0.318. The highest BCUT2D eigenvalue weighted by atomic mass is 32.1. The van der Waals surface area contributed by atoms with E-state index in [0.29, 0.717) is 17.3 Å². The van der Waals surface area contributed by atoms with Crippen LogP contribution in [0.3, 0.4) is 0 Å². The summed E-state index contributed by atoms with van der Waals surface area (Å²) in [6, 6.07) is 5.92. The first-order valence-electron chi connectivity index (χ1n) is 9.78. The van der Waals surface area contributed by atoms with Crippen LogP contribution in [0.2, 0.25) is 0 Å². The summed E-state index contributed by atoms with van der Waals surface area (Å²) in [6.45, 7) is 5.74. The zero-order valence-electron chi connectivity index (χ0n) is 16.5. The van der Waals surface area contributed by atoms with Crippen molar-refractivity contribution < 1.29 is 9.47 Å². The van der Waals surface area contributed by atoms with Gasteiger partial charge in [0.25, 0.3) is 0 Å². The predicted octanol–water partition coefficient (Wildman–Crippen LogP) is 4.70. The van der Waals surface area contributed by atoms with E-state index in [-0.39, 0.29) is 6.10 Å². The van der Waals surface area contributed by atoms with Gasteiger partial charge < -0.3 is 9.47 Å². The first-order chi connectivity index (χ1) is 14.2. The van der Waals surface area contributed by atoms with E-state index in [1.54, 1.807) is 29.3 Å². The summed E-state index contributed by atoms with van der Waals surface area (Å²) in [6.07, 6.45) is 7.53. The maximum atomic E-state index is 6.16. The zero-order valence-corrected chi connectivity index (χ0v) is 17.3. The Labute approximate surface area is 172 Å². The van der Waals surface area contributed by atoms with Gasteiger partial charge in [-0.05, 0) is 55.9 Å². The number of aryl methyl sites for hydroxylation is 2. The molecule has 1 atom stereocenters. The highest BCUT2D eigenvalue weighted by Gasteiger charge is 2.23. The van der Waals surface area contributed by atoms with Gasteiger partial charge in [-0.1, -0.05) is 12.1 Å². The molecule has 0 amide bonds. The van der Waals surface area contributed by atoms with Crippen LogP contribution in [-0.2, 0) is 19.3 Å². The van der Waals surface area contributed by atoms with Crippen LogP contribution in [0.1, 0.15) is 41.3 Å². The minimum atomic E-state index is -0.323. The minimum absolute atomic E-state index is 0.323. The maximum absolute atomic E-state index is 6.16. The van der Waals surface area contributed by atoms with Crippen LogP contribution in [-0.4, -0.2) is 26.7 Å². The molecule has 1 aliphatic rings. The molecular weight excluding hydrogens is 384 g/mol. The molecule has 3 heterocycles. The van der Waals surface area contributed by atoms with Gasteiger partial charge in [0.05, 0.1) is 12.5 Å². The molecule has 4 aromatic rings. The first-order valence-corrected chi connectivity index (χ1v) is 10.6. The number of fused-ring (bicyclic) bond motifs is 5. The number of aromatic nitrogens is 4. The Hall–Kier alpha value is -2.93. The van der Waals surface area contributed by atoms with Crippen molar-refractivity contribution in [2.24, 2.45) is 0 Å². The molecule has 1 aromatic carbocycles. The molecule has 0 bridgehead atoms. The number of thiophene rings is 1. The van der Waals surface area contributed by atoms with Crippen LogP contribution in [0.25, 0.3) is 15.9 Å². The molecule has 1 unspecified atom stereocenters. The predicted molar refractivity (Wildman–Crippen MR) is 114 cm³/mol. The second-order valence-electron chi connectivity index (χ2n) is 7.26. The lowest BCUT2D eigenvalue weighted by atomic mass is 10.1. The molecule has 1 aliphatic carbocycles. The van der Waals surface area contributed by atoms with E-state index in [4.69, 9.17) is 14.5 Å². The number of nitrogens with zero attached hydrogens (tertiary/aromatic N) is 4. The van der Waals surface area contributed by atoms with Gasteiger partial charge in [0.15, 0.2) is 29.1 Å². The number of ether oxygens (including phenoxy) is 2. The SMILES string of the molecule is C=CCc1ccc(OC(C)c2nc3c4c5c(sc4ncn3n2)CCC5)c(OC)c1. The van der Waals surface area contributed by atoms with Crippen molar-refractivity contribution in [1.82, 2.24) is 19.6 Å². The summed E-state index contributed by atoms with van der Waals surface area (Å²) < 4.78 is 13.4. The van der Waals surface area contributed by atoms with E-state index in [1.165, 1.54) is 16.9 Å². The third-order valence-electron chi connectivity index (χ3n) is 5.33. The number of allylic oxidation sites excluding steroid dienone is 1. The second-order valence-corrected chi connectivity index (χ2v) is 8.34. The minimum Gasteiger partial charge on any atom is -0.493 e. The maximum Gasteiger partial charge on any atom is 0.192 e. The standard InChI is InChI=1S/C22H22N4O2S/c1-4-6-14-9-10-16(17(11-14)27-3)28-13(2)20-24-21-19-15-7-5-8-18(15)29-22(19)23-12-26(21)25-20/h4,9-13H,1,5-8H2,2-3H3. The highest BCUT2D eigenvalue weighted by Crippen LogP contribution is 2.38. The third-order valence-corrected chi connectivity index (χ3v) is 6.53. The smallest absolute Gasteiger partial charge is 0.192 e. The van der Waals surface area contributed by atoms with Crippen molar-refractivity contribution in [3.63, 3.8) is 0 Å². The molecule has 29 heavy (non-hydrogen) atoms. The fourth-order valence-corrected chi connectivity index (χ4v) is 5.15. The first kappa shape index (κ1) is 18.1. The Morgan fingerprint density at radius 2 is 2.21 bits per heavy atom. The number of hydrogen-bond acceptors (Lipinski definition) is 6.